The Labute approximate surface area is 74.0 Å². The van der Waals surface area contributed by atoms with Gasteiger partial charge in [-0.25, -0.2) is 4.79 Å². The van der Waals surface area contributed by atoms with E-state index in [1.54, 1.807) is 0 Å². The molecule has 0 aromatic heterocycles. The van der Waals surface area contributed by atoms with Gasteiger partial charge in [-0.05, 0) is 6.42 Å². The van der Waals surface area contributed by atoms with Gasteiger partial charge in [-0.15, -0.1) is 0 Å². The average molecular weight is 230 g/mol. The van der Waals surface area contributed by atoms with Gasteiger partial charge in [0.05, 0.1) is 7.11 Å². The predicted octanol–water partition coefficient (Wildman–Crippen LogP) is 2.29. The van der Waals surface area contributed by atoms with E-state index in [4.69, 9.17) is 11.6 Å². The molecule has 0 aromatic rings. The number of carbonyl (C=O) groups excluding carboxylic acids is 1. The van der Waals surface area contributed by atoms with Crippen LogP contribution >= 0.6 is 27.5 Å². The summed E-state index contributed by atoms with van der Waals surface area (Å²) in [6.45, 7) is 1.95. The lowest BCUT2D eigenvalue weighted by molar-refractivity contribution is -0.141. The van der Waals surface area contributed by atoms with Crippen molar-refractivity contribution in [3.8, 4) is 0 Å². The van der Waals surface area contributed by atoms with Gasteiger partial charge in [-0.1, -0.05) is 40.9 Å². The minimum atomic E-state index is -1.02. The standard InChI is InChI=1S/C6H10BrClO2/c1-3-4-6(7,8)5(9)10-2/h3-4H2,1-2H3. The normalized spacial score (nSPS) is 16.0. The van der Waals surface area contributed by atoms with E-state index in [0.29, 0.717) is 6.42 Å². The Morgan fingerprint density at radius 2 is 2.30 bits per heavy atom. The number of rotatable bonds is 3. The SMILES string of the molecule is CCCC(Cl)(Br)C(=O)OC. The Morgan fingerprint density at radius 3 is 2.60 bits per heavy atom. The third-order valence-corrected chi connectivity index (χ3v) is 2.11. The minimum Gasteiger partial charge on any atom is -0.467 e. The number of hydrogen-bond donors (Lipinski definition) is 0. The van der Waals surface area contributed by atoms with Crippen LogP contribution in [0.4, 0.5) is 0 Å². The Balaban J connectivity index is 3.96. The fourth-order valence-electron chi connectivity index (χ4n) is 0.565. The van der Waals surface area contributed by atoms with Crippen LogP contribution in [0.5, 0.6) is 0 Å². The van der Waals surface area contributed by atoms with Gasteiger partial charge in [0.1, 0.15) is 0 Å². The molecule has 0 aromatic carbocycles. The van der Waals surface area contributed by atoms with E-state index in [1.165, 1.54) is 7.11 Å². The minimum absolute atomic E-state index is 0.434. The van der Waals surface area contributed by atoms with Crippen LogP contribution in [0.1, 0.15) is 19.8 Å². The maximum atomic E-state index is 10.8. The van der Waals surface area contributed by atoms with Crippen molar-refractivity contribution in [3.05, 3.63) is 0 Å². The molecule has 0 bridgehead atoms. The monoisotopic (exact) mass is 228 g/mol. The maximum absolute atomic E-state index is 10.8. The van der Waals surface area contributed by atoms with Gasteiger partial charge in [0.25, 0.3) is 0 Å². The Morgan fingerprint density at radius 1 is 1.80 bits per heavy atom. The number of ether oxygens (including phenoxy) is 1. The largest absolute Gasteiger partial charge is 0.467 e. The average Bonchev–Trinajstić information content (AvgIpc) is 1.86. The topological polar surface area (TPSA) is 26.3 Å². The number of methoxy groups -OCH3 is 1. The molecule has 0 rings (SSSR count). The van der Waals surface area contributed by atoms with Crippen molar-refractivity contribution in [2.45, 2.75) is 23.5 Å². The quantitative estimate of drug-likeness (QED) is 0.548. The lowest BCUT2D eigenvalue weighted by Gasteiger charge is -2.14. The van der Waals surface area contributed by atoms with E-state index in [0.717, 1.165) is 6.42 Å². The Hall–Kier alpha value is 0.240. The van der Waals surface area contributed by atoms with Crippen LogP contribution in [-0.2, 0) is 9.53 Å². The summed E-state index contributed by atoms with van der Waals surface area (Å²) in [6.07, 6.45) is 1.41. The van der Waals surface area contributed by atoms with E-state index in [-0.39, 0.29) is 0 Å². The van der Waals surface area contributed by atoms with Gasteiger partial charge in [-0.3, -0.25) is 0 Å². The molecule has 0 radical (unpaired) electrons. The van der Waals surface area contributed by atoms with E-state index >= 15 is 0 Å². The van der Waals surface area contributed by atoms with Crippen molar-refractivity contribution in [2.24, 2.45) is 0 Å². The van der Waals surface area contributed by atoms with Crippen LogP contribution < -0.4 is 0 Å². The van der Waals surface area contributed by atoms with Crippen LogP contribution in [0.3, 0.4) is 0 Å². The van der Waals surface area contributed by atoms with Gasteiger partial charge in [0, 0.05) is 0 Å². The van der Waals surface area contributed by atoms with Gasteiger partial charge < -0.3 is 4.74 Å². The summed E-state index contributed by atoms with van der Waals surface area (Å²) in [4.78, 5) is 10.8. The summed E-state index contributed by atoms with van der Waals surface area (Å²) >= 11 is 8.79. The van der Waals surface area contributed by atoms with Crippen molar-refractivity contribution < 1.29 is 9.53 Å². The van der Waals surface area contributed by atoms with Gasteiger partial charge in [-0.2, -0.15) is 0 Å². The van der Waals surface area contributed by atoms with Crippen molar-refractivity contribution in [2.75, 3.05) is 7.11 Å². The Bertz CT molecular complexity index is 125. The van der Waals surface area contributed by atoms with Crippen LogP contribution in [-0.4, -0.2) is 16.9 Å². The van der Waals surface area contributed by atoms with Crippen molar-refractivity contribution in [1.82, 2.24) is 0 Å². The lowest BCUT2D eigenvalue weighted by Crippen LogP contribution is -2.26. The van der Waals surface area contributed by atoms with Gasteiger partial charge in [0.2, 0.25) is 0 Å². The Kier molecular flexibility index (Phi) is 4.29. The second kappa shape index (κ2) is 4.19. The number of alkyl halides is 2. The molecule has 0 spiro atoms. The van der Waals surface area contributed by atoms with Crippen LogP contribution in [0.2, 0.25) is 0 Å². The highest BCUT2D eigenvalue weighted by molar-refractivity contribution is 9.10. The highest BCUT2D eigenvalue weighted by Crippen LogP contribution is 2.30. The molecule has 0 heterocycles. The van der Waals surface area contributed by atoms with Crippen molar-refractivity contribution in [1.29, 1.82) is 0 Å². The molecule has 0 aliphatic heterocycles. The third-order valence-electron chi connectivity index (χ3n) is 1.05. The fraction of sp³-hybridized carbons (Fsp3) is 0.833. The van der Waals surface area contributed by atoms with Crippen molar-refractivity contribution in [3.63, 3.8) is 0 Å². The molecule has 1 unspecified atom stereocenters. The first-order valence-corrected chi connectivity index (χ1v) is 4.18. The smallest absolute Gasteiger partial charge is 0.337 e. The molecule has 0 saturated heterocycles. The molecule has 0 fully saturated rings. The second-order valence-corrected chi connectivity index (χ2v) is 4.40. The maximum Gasteiger partial charge on any atom is 0.337 e. The van der Waals surface area contributed by atoms with Crippen molar-refractivity contribution >= 4 is 33.5 Å². The number of carbonyl (C=O) groups is 1. The van der Waals surface area contributed by atoms with Crippen LogP contribution in [0.15, 0.2) is 0 Å². The molecule has 4 heteroatoms. The zero-order valence-electron chi connectivity index (χ0n) is 5.99. The van der Waals surface area contributed by atoms with Crippen LogP contribution in [0.25, 0.3) is 0 Å². The summed E-state index contributed by atoms with van der Waals surface area (Å²) < 4.78 is 3.43. The highest BCUT2D eigenvalue weighted by atomic mass is 79.9. The number of esters is 1. The zero-order valence-corrected chi connectivity index (χ0v) is 8.33. The lowest BCUT2D eigenvalue weighted by atomic mass is 10.2. The van der Waals surface area contributed by atoms with Crippen LogP contribution in [0, 0.1) is 0 Å². The van der Waals surface area contributed by atoms with Gasteiger partial charge >= 0.3 is 5.97 Å². The summed E-state index contributed by atoms with van der Waals surface area (Å²) in [5.74, 6) is -0.434. The molecule has 10 heavy (non-hydrogen) atoms. The van der Waals surface area contributed by atoms with E-state index in [2.05, 4.69) is 20.7 Å². The van der Waals surface area contributed by atoms with E-state index in [9.17, 15) is 4.79 Å². The second-order valence-electron chi connectivity index (χ2n) is 1.95. The zero-order chi connectivity index (χ0) is 8.20. The number of halogens is 2. The predicted molar refractivity (Wildman–Crippen MR) is 44.4 cm³/mol. The fourth-order valence-corrected chi connectivity index (χ4v) is 1.39. The van der Waals surface area contributed by atoms with Gasteiger partial charge in [0.15, 0.2) is 3.78 Å². The summed E-state index contributed by atoms with van der Waals surface area (Å²) in [5.41, 5.74) is 0. The number of hydrogen-bond acceptors (Lipinski definition) is 2. The molecule has 0 N–H and O–H groups in total. The molecule has 0 saturated carbocycles. The summed E-state index contributed by atoms with van der Waals surface area (Å²) in [7, 11) is 1.32. The molecule has 0 aliphatic rings. The molecule has 2 nitrogen and oxygen atoms in total. The first-order valence-electron chi connectivity index (χ1n) is 3.01. The molecule has 0 amide bonds. The first-order chi connectivity index (χ1) is 4.54. The third kappa shape index (κ3) is 2.88. The molecule has 0 aliphatic carbocycles. The van der Waals surface area contributed by atoms with E-state index in [1.807, 2.05) is 6.92 Å². The van der Waals surface area contributed by atoms with E-state index < -0.39 is 9.75 Å². The summed E-state index contributed by atoms with van der Waals surface area (Å²) in [6, 6.07) is 0. The highest BCUT2D eigenvalue weighted by Gasteiger charge is 2.32. The molecular weight excluding hydrogens is 219 g/mol. The molecular formula is C6H10BrClO2. The summed E-state index contributed by atoms with van der Waals surface area (Å²) in [5, 5.41) is 0. The molecule has 1 atom stereocenters. The molecule has 60 valence electrons. The first kappa shape index (κ1) is 10.2.